The van der Waals surface area contributed by atoms with Crippen molar-refractivity contribution >= 4 is 38.7 Å². The summed E-state index contributed by atoms with van der Waals surface area (Å²) in [6, 6.07) is 9.61. The Morgan fingerprint density at radius 3 is 2.38 bits per heavy atom. The zero-order valence-electron chi connectivity index (χ0n) is 12.5. The molecule has 0 aliphatic carbocycles. The van der Waals surface area contributed by atoms with Gasteiger partial charge in [0, 0.05) is 12.1 Å². The Morgan fingerprint density at radius 2 is 1.83 bits per heavy atom. The number of aryl methyl sites for hydroxylation is 1. The molecule has 1 amide bonds. The van der Waals surface area contributed by atoms with Gasteiger partial charge in [0.15, 0.2) is 9.84 Å². The Kier molecular flexibility index (Phi) is 5.20. The predicted octanol–water partition coefficient (Wildman–Crippen LogP) is 2.97. The van der Waals surface area contributed by atoms with Gasteiger partial charge < -0.3 is 5.32 Å². The molecule has 7 nitrogen and oxygen atoms in total. The molecule has 0 heterocycles. The number of anilines is 1. The van der Waals surface area contributed by atoms with Crippen LogP contribution in [0.2, 0.25) is 5.02 Å². The molecule has 0 bridgehead atoms. The molecular formula is C15H13ClN2O5S. The number of benzene rings is 2. The fourth-order valence-corrected chi connectivity index (χ4v) is 3.26. The molecule has 0 aromatic heterocycles. The second-order valence-corrected chi connectivity index (χ2v) is 7.44. The zero-order chi connectivity index (χ0) is 17.9. The minimum absolute atomic E-state index is 0.0399. The second kappa shape index (κ2) is 6.98. The number of carbonyl (C=O) groups is 1. The predicted molar refractivity (Wildman–Crippen MR) is 90.0 cm³/mol. The van der Waals surface area contributed by atoms with Crippen LogP contribution in [-0.2, 0) is 14.6 Å². The Hall–Kier alpha value is -2.45. The summed E-state index contributed by atoms with van der Waals surface area (Å²) in [6.45, 7) is 1.82. The first-order chi connectivity index (χ1) is 11.2. The van der Waals surface area contributed by atoms with Gasteiger partial charge in [0.05, 0.1) is 20.5 Å². The topological polar surface area (TPSA) is 106 Å². The molecule has 0 aliphatic rings. The number of sulfone groups is 1. The van der Waals surface area contributed by atoms with Crippen molar-refractivity contribution in [1.82, 2.24) is 0 Å². The highest BCUT2D eigenvalue weighted by molar-refractivity contribution is 7.92. The summed E-state index contributed by atoms with van der Waals surface area (Å²) in [7, 11) is -3.79. The third-order valence-corrected chi connectivity index (χ3v) is 5.08. The molecule has 2 aromatic carbocycles. The van der Waals surface area contributed by atoms with Crippen LogP contribution in [-0.4, -0.2) is 25.0 Å². The number of hydrogen-bond acceptors (Lipinski definition) is 5. The minimum Gasteiger partial charge on any atom is -0.324 e. The maximum absolute atomic E-state index is 12.2. The van der Waals surface area contributed by atoms with Crippen LogP contribution < -0.4 is 5.32 Å². The van der Waals surface area contributed by atoms with Crippen molar-refractivity contribution in [2.45, 2.75) is 11.8 Å². The van der Waals surface area contributed by atoms with Crippen LogP contribution in [0.4, 0.5) is 11.4 Å². The van der Waals surface area contributed by atoms with Gasteiger partial charge in [0.25, 0.3) is 5.69 Å². The van der Waals surface area contributed by atoms with Gasteiger partial charge in [0.2, 0.25) is 5.91 Å². The van der Waals surface area contributed by atoms with Crippen molar-refractivity contribution in [2.24, 2.45) is 0 Å². The number of amides is 1. The summed E-state index contributed by atoms with van der Waals surface area (Å²) < 4.78 is 24.4. The Balaban J connectivity index is 2.13. The SMILES string of the molecule is Cc1ccc(S(=O)(=O)CC(=O)Nc2ccc([N+](=O)[O-])cc2Cl)cc1. The molecule has 0 saturated carbocycles. The van der Waals surface area contributed by atoms with E-state index in [1.807, 2.05) is 6.92 Å². The third-order valence-electron chi connectivity index (χ3n) is 3.14. The number of nitrogens with zero attached hydrogens (tertiary/aromatic N) is 1. The Morgan fingerprint density at radius 1 is 1.21 bits per heavy atom. The average Bonchev–Trinajstić information content (AvgIpc) is 2.49. The monoisotopic (exact) mass is 368 g/mol. The van der Waals surface area contributed by atoms with E-state index in [0.29, 0.717) is 0 Å². The molecule has 0 radical (unpaired) electrons. The molecule has 1 N–H and O–H groups in total. The molecule has 2 rings (SSSR count). The van der Waals surface area contributed by atoms with Gasteiger partial charge in [-0.2, -0.15) is 0 Å². The van der Waals surface area contributed by atoms with Gasteiger partial charge in [0.1, 0.15) is 5.75 Å². The fourth-order valence-electron chi connectivity index (χ4n) is 1.91. The van der Waals surface area contributed by atoms with Crippen molar-refractivity contribution in [3.63, 3.8) is 0 Å². The highest BCUT2D eigenvalue weighted by atomic mass is 35.5. The maximum atomic E-state index is 12.2. The second-order valence-electron chi connectivity index (χ2n) is 5.04. The lowest BCUT2D eigenvalue weighted by molar-refractivity contribution is -0.384. The van der Waals surface area contributed by atoms with Crippen molar-refractivity contribution in [2.75, 3.05) is 11.1 Å². The van der Waals surface area contributed by atoms with E-state index in [2.05, 4.69) is 5.32 Å². The van der Waals surface area contributed by atoms with Gasteiger partial charge in [-0.15, -0.1) is 0 Å². The van der Waals surface area contributed by atoms with Crippen LogP contribution in [0.5, 0.6) is 0 Å². The van der Waals surface area contributed by atoms with E-state index in [1.54, 1.807) is 12.1 Å². The number of non-ortho nitro benzene ring substituents is 1. The number of carbonyl (C=O) groups excluding carboxylic acids is 1. The standard InChI is InChI=1S/C15H13ClN2O5S/c1-10-2-5-12(6-3-10)24(22,23)9-15(19)17-14-7-4-11(18(20)21)8-13(14)16/h2-8H,9H2,1H3,(H,17,19). The normalized spacial score (nSPS) is 11.1. The molecule has 0 atom stereocenters. The summed E-state index contributed by atoms with van der Waals surface area (Å²) in [5.74, 6) is -1.55. The largest absolute Gasteiger partial charge is 0.324 e. The van der Waals surface area contributed by atoms with Crippen molar-refractivity contribution < 1.29 is 18.1 Å². The van der Waals surface area contributed by atoms with Crippen molar-refractivity contribution in [3.05, 3.63) is 63.2 Å². The first-order valence-corrected chi connectivity index (χ1v) is 8.75. The van der Waals surface area contributed by atoms with E-state index < -0.39 is 26.4 Å². The highest BCUT2D eigenvalue weighted by Crippen LogP contribution is 2.26. The fraction of sp³-hybridized carbons (Fsp3) is 0.133. The molecule has 126 valence electrons. The Bertz CT molecular complexity index is 895. The minimum atomic E-state index is -3.79. The highest BCUT2D eigenvalue weighted by Gasteiger charge is 2.20. The van der Waals surface area contributed by atoms with Gasteiger partial charge >= 0.3 is 0 Å². The van der Waals surface area contributed by atoms with Crippen LogP contribution in [0, 0.1) is 17.0 Å². The van der Waals surface area contributed by atoms with Crippen LogP contribution in [0.25, 0.3) is 0 Å². The molecule has 0 spiro atoms. The van der Waals surface area contributed by atoms with Crippen LogP contribution in [0.15, 0.2) is 47.4 Å². The van der Waals surface area contributed by atoms with E-state index in [-0.39, 0.29) is 21.3 Å². The first-order valence-electron chi connectivity index (χ1n) is 6.72. The van der Waals surface area contributed by atoms with Gasteiger partial charge in [-0.3, -0.25) is 14.9 Å². The van der Waals surface area contributed by atoms with E-state index in [9.17, 15) is 23.3 Å². The molecular weight excluding hydrogens is 356 g/mol. The van der Waals surface area contributed by atoms with Gasteiger partial charge in [-0.25, -0.2) is 8.42 Å². The zero-order valence-corrected chi connectivity index (χ0v) is 14.1. The number of hydrogen-bond donors (Lipinski definition) is 1. The van der Waals surface area contributed by atoms with Crippen LogP contribution in [0.3, 0.4) is 0 Å². The maximum Gasteiger partial charge on any atom is 0.271 e. The number of nitro benzene ring substituents is 1. The number of rotatable bonds is 5. The molecule has 2 aromatic rings. The Labute approximate surface area is 143 Å². The molecule has 9 heteroatoms. The summed E-state index contributed by atoms with van der Waals surface area (Å²) in [4.78, 5) is 22.0. The van der Waals surface area contributed by atoms with Crippen molar-refractivity contribution in [1.29, 1.82) is 0 Å². The van der Waals surface area contributed by atoms with Gasteiger partial charge in [-0.05, 0) is 25.1 Å². The number of halogens is 1. The van der Waals surface area contributed by atoms with Crippen LogP contribution >= 0.6 is 11.6 Å². The lowest BCUT2D eigenvalue weighted by Crippen LogP contribution is -2.23. The summed E-state index contributed by atoms with van der Waals surface area (Å²) in [5, 5.41) is 12.9. The smallest absolute Gasteiger partial charge is 0.271 e. The third kappa shape index (κ3) is 4.30. The average molecular weight is 369 g/mol. The van der Waals surface area contributed by atoms with E-state index in [4.69, 9.17) is 11.6 Å². The first kappa shape index (κ1) is 17.9. The molecule has 24 heavy (non-hydrogen) atoms. The summed E-state index contributed by atoms with van der Waals surface area (Å²) in [6.07, 6.45) is 0. The summed E-state index contributed by atoms with van der Waals surface area (Å²) >= 11 is 5.85. The quantitative estimate of drug-likeness (QED) is 0.645. The van der Waals surface area contributed by atoms with Crippen LogP contribution in [0.1, 0.15) is 5.56 Å². The lowest BCUT2D eigenvalue weighted by atomic mass is 10.2. The van der Waals surface area contributed by atoms with Crippen molar-refractivity contribution in [3.8, 4) is 0 Å². The molecule has 0 aliphatic heterocycles. The van der Waals surface area contributed by atoms with E-state index in [1.165, 1.54) is 18.2 Å². The number of nitrogens with one attached hydrogen (secondary N) is 1. The molecule has 0 fully saturated rings. The van der Waals surface area contributed by atoms with E-state index in [0.717, 1.165) is 17.7 Å². The number of nitro groups is 1. The van der Waals surface area contributed by atoms with E-state index >= 15 is 0 Å². The lowest BCUT2D eigenvalue weighted by Gasteiger charge is -2.08. The van der Waals surface area contributed by atoms with Gasteiger partial charge in [-0.1, -0.05) is 29.3 Å². The summed E-state index contributed by atoms with van der Waals surface area (Å²) in [5.41, 5.74) is 0.771. The molecule has 0 saturated heterocycles. The molecule has 0 unspecified atom stereocenters.